The molecule has 48 heavy (non-hydrogen) atoms. The molecule has 0 aliphatic carbocycles. The Labute approximate surface area is 280 Å². The van der Waals surface area contributed by atoms with E-state index < -0.39 is 0 Å². The summed E-state index contributed by atoms with van der Waals surface area (Å²) in [7, 11) is 0. The monoisotopic (exact) mass is 630 g/mol. The van der Waals surface area contributed by atoms with Crippen LogP contribution in [-0.2, 0) is 0 Å². The quantitative estimate of drug-likeness (QED) is 0.194. The van der Waals surface area contributed by atoms with E-state index in [2.05, 4.69) is 146 Å². The molecule has 0 saturated heterocycles. The van der Waals surface area contributed by atoms with Gasteiger partial charge in [-0.3, -0.25) is 0 Å². The Bertz CT molecular complexity index is 2850. The summed E-state index contributed by atoms with van der Waals surface area (Å²) in [4.78, 5) is 10.7. The number of furan rings is 1. The lowest BCUT2D eigenvalue weighted by molar-refractivity contribution is 0.670. The molecule has 224 valence electrons. The van der Waals surface area contributed by atoms with Crippen molar-refractivity contribution in [3.05, 3.63) is 158 Å². The van der Waals surface area contributed by atoms with Crippen LogP contribution in [0.2, 0.25) is 0 Å². The molecule has 0 N–H and O–H groups in total. The molecule has 0 spiro atoms. The van der Waals surface area contributed by atoms with Crippen molar-refractivity contribution in [2.24, 2.45) is 0 Å². The van der Waals surface area contributed by atoms with E-state index in [1.54, 1.807) is 11.3 Å². The van der Waals surface area contributed by atoms with Crippen LogP contribution in [0.15, 0.2) is 162 Å². The molecule has 0 radical (unpaired) electrons. The number of fused-ring (bicyclic) bond motifs is 7. The fraction of sp³-hybridized carbons (Fsp3) is 0. The molecule has 3 aromatic heterocycles. The maximum Gasteiger partial charge on any atom is 0.161 e. The standard InChI is InChI=1S/C44H26N2OS/c1-2-11-27(12-3-1)30-15-10-16-32(26-30)40-43-41(35-18-7-9-20-38(35)48-43)46-44(45-40)36-24-23-33(31-22-21-28-13-4-5-14-29(28)25-31)42-39(36)34-17-6-8-19-37(34)47-42/h1-26H. The summed E-state index contributed by atoms with van der Waals surface area (Å²) in [5, 5.41) is 5.63. The van der Waals surface area contributed by atoms with Gasteiger partial charge in [0.15, 0.2) is 5.82 Å². The first-order valence-corrected chi connectivity index (χ1v) is 16.9. The Morgan fingerprint density at radius 3 is 2.12 bits per heavy atom. The van der Waals surface area contributed by atoms with Crippen LogP contribution in [0.4, 0.5) is 0 Å². The van der Waals surface area contributed by atoms with Gasteiger partial charge in [-0.25, -0.2) is 9.97 Å². The predicted molar refractivity (Wildman–Crippen MR) is 201 cm³/mol. The second kappa shape index (κ2) is 10.7. The van der Waals surface area contributed by atoms with Crippen molar-refractivity contribution < 1.29 is 4.42 Å². The molecule has 0 unspecified atom stereocenters. The minimum absolute atomic E-state index is 0.688. The number of nitrogens with zero attached hydrogens (tertiary/aromatic N) is 2. The Morgan fingerprint density at radius 2 is 1.21 bits per heavy atom. The van der Waals surface area contributed by atoms with Gasteiger partial charge in [0.2, 0.25) is 0 Å². The Kier molecular flexibility index (Phi) is 6.05. The molecule has 0 aliphatic rings. The van der Waals surface area contributed by atoms with E-state index in [9.17, 15) is 0 Å². The third-order valence-corrected chi connectivity index (χ3v) is 10.5. The van der Waals surface area contributed by atoms with Crippen molar-refractivity contribution >= 4 is 64.4 Å². The first-order valence-electron chi connectivity index (χ1n) is 16.1. The van der Waals surface area contributed by atoms with Crippen LogP contribution < -0.4 is 0 Å². The molecule has 3 nitrogen and oxygen atoms in total. The Morgan fingerprint density at radius 1 is 0.479 bits per heavy atom. The molecular formula is C44H26N2OS. The highest BCUT2D eigenvalue weighted by Crippen LogP contribution is 2.44. The predicted octanol–water partition coefficient (Wildman–Crippen LogP) is 12.6. The average molecular weight is 631 g/mol. The summed E-state index contributed by atoms with van der Waals surface area (Å²) in [5.41, 5.74) is 10.1. The zero-order chi connectivity index (χ0) is 31.6. The van der Waals surface area contributed by atoms with Crippen molar-refractivity contribution in [1.29, 1.82) is 0 Å². The number of thiophene rings is 1. The molecular weight excluding hydrogens is 605 g/mol. The lowest BCUT2D eigenvalue weighted by Gasteiger charge is -2.11. The fourth-order valence-corrected chi connectivity index (χ4v) is 8.14. The van der Waals surface area contributed by atoms with Gasteiger partial charge in [-0.1, -0.05) is 121 Å². The number of aromatic nitrogens is 2. The fourth-order valence-electron chi connectivity index (χ4n) is 6.98. The maximum atomic E-state index is 6.68. The maximum absolute atomic E-state index is 6.68. The van der Waals surface area contributed by atoms with Gasteiger partial charge < -0.3 is 4.42 Å². The van der Waals surface area contributed by atoms with Crippen LogP contribution >= 0.6 is 11.3 Å². The highest BCUT2D eigenvalue weighted by Gasteiger charge is 2.22. The van der Waals surface area contributed by atoms with Gasteiger partial charge in [-0.05, 0) is 63.9 Å². The van der Waals surface area contributed by atoms with Gasteiger partial charge in [0.1, 0.15) is 11.2 Å². The Balaban J connectivity index is 1.25. The van der Waals surface area contributed by atoms with E-state index in [1.165, 1.54) is 21.0 Å². The molecule has 0 aliphatic heterocycles. The summed E-state index contributed by atoms with van der Waals surface area (Å²) in [5.74, 6) is 0.688. The topological polar surface area (TPSA) is 38.9 Å². The first-order chi connectivity index (χ1) is 23.8. The average Bonchev–Trinajstić information content (AvgIpc) is 3.73. The summed E-state index contributed by atoms with van der Waals surface area (Å²) in [6.07, 6.45) is 0. The zero-order valence-electron chi connectivity index (χ0n) is 25.7. The van der Waals surface area contributed by atoms with Gasteiger partial charge >= 0.3 is 0 Å². The highest BCUT2D eigenvalue weighted by molar-refractivity contribution is 7.26. The minimum atomic E-state index is 0.688. The lowest BCUT2D eigenvalue weighted by Crippen LogP contribution is -1.95. The lowest BCUT2D eigenvalue weighted by atomic mass is 9.96. The Hall–Kier alpha value is -6.10. The van der Waals surface area contributed by atoms with E-state index in [4.69, 9.17) is 14.4 Å². The van der Waals surface area contributed by atoms with Crippen molar-refractivity contribution in [2.75, 3.05) is 0 Å². The number of rotatable bonds is 4. The summed E-state index contributed by atoms with van der Waals surface area (Å²) in [6, 6.07) is 55.4. The molecule has 7 aromatic carbocycles. The van der Waals surface area contributed by atoms with Crippen molar-refractivity contribution in [2.45, 2.75) is 0 Å². The van der Waals surface area contributed by atoms with Crippen LogP contribution in [-0.4, -0.2) is 9.97 Å². The molecule has 0 bridgehead atoms. The van der Waals surface area contributed by atoms with E-state index in [0.717, 1.165) is 71.1 Å². The van der Waals surface area contributed by atoms with Gasteiger partial charge in [0, 0.05) is 37.5 Å². The summed E-state index contributed by atoms with van der Waals surface area (Å²) >= 11 is 1.75. The SMILES string of the molecule is c1ccc(-c2cccc(-c3nc(-c4ccc(-c5ccc6ccccc6c5)c5oc6ccccc6c45)nc4c3sc3ccccc34)c2)cc1. The normalized spacial score (nSPS) is 11.8. The molecule has 0 atom stereocenters. The first kappa shape index (κ1) is 27.1. The second-order valence-corrected chi connectivity index (χ2v) is 13.2. The molecule has 10 rings (SSSR count). The van der Waals surface area contributed by atoms with Gasteiger partial charge in [0.05, 0.1) is 15.9 Å². The number of hydrogen-bond acceptors (Lipinski definition) is 4. The largest absolute Gasteiger partial charge is 0.455 e. The van der Waals surface area contributed by atoms with Crippen LogP contribution in [0.25, 0.3) is 97.9 Å². The summed E-state index contributed by atoms with van der Waals surface area (Å²) < 4.78 is 8.97. The number of hydrogen-bond donors (Lipinski definition) is 0. The van der Waals surface area contributed by atoms with Crippen LogP contribution in [0.5, 0.6) is 0 Å². The molecule has 0 saturated carbocycles. The molecule has 4 heteroatoms. The van der Waals surface area contributed by atoms with Crippen LogP contribution in [0.1, 0.15) is 0 Å². The van der Waals surface area contributed by atoms with E-state index in [-0.39, 0.29) is 0 Å². The highest BCUT2D eigenvalue weighted by atomic mass is 32.1. The molecule has 10 aromatic rings. The molecule has 0 amide bonds. The van der Waals surface area contributed by atoms with Crippen LogP contribution in [0.3, 0.4) is 0 Å². The summed E-state index contributed by atoms with van der Waals surface area (Å²) in [6.45, 7) is 0. The van der Waals surface area contributed by atoms with Gasteiger partial charge in [-0.15, -0.1) is 11.3 Å². The van der Waals surface area contributed by atoms with Gasteiger partial charge in [0.25, 0.3) is 0 Å². The van der Waals surface area contributed by atoms with E-state index in [0.29, 0.717) is 5.82 Å². The van der Waals surface area contributed by atoms with Crippen molar-refractivity contribution in [1.82, 2.24) is 9.97 Å². The second-order valence-electron chi connectivity index (χ2n) is 12.1. The van der Waals surface area contributed by atoms with Crippen molar-refractivity contribution in [3.63, 3.8) is 0 Å². The van der Waals surface area contributed by atoms with Crippen molar-refractivity contribution in [3.8, 4) is 44.9 Å². The van der Waals surface area contributed by atoms with E-state index in [1.807, 2.05) is 12.1 Å². The minimum Gasteiger partial charge on any atom is -0.455 e. The third kappa shape index (κ3) is 4.27. The van der Waals surface area contributed by atoms with E-state index >= 15 is 0 Å². The molecule has 0 fully saturated rings. The van der Waals surface area contributed by atoms with Gasteiger partial charge in [-0.2, -0.15) is 0 Å². The molecule has 3 heterocycles. The number of benzene rings is 7. The zero-order valence-corrected chi connectivity index (χ0v) is 26.5. The smallest absolute Gasteiger partial charge is 0.161 e. The number of para-hydroxylation sites is 1. The third-order valence-electron chi connectivity index (χ3n) is 9.29. The van der Waals surface area contributed by atoms with Crippen LogP contribution in [0, 0.1) is 0 Å².